The highest BCUT2D eigenvalue weighted by molar-refractivity contribution is 7.27. The third-order valence-corrected chi connectivity index (χ3v) is 16.5. The van der Waals surface area contributed by atoms with E-state index in [1.807, 2.05) is 11.3 Å². The molecule has 1 heterocycles. The predicted octanol–water partition coefficient (Wildman–Crippen LogP) is 21.2. The summed E-state index contributed by atoms with van der Waals surface area (Å²) in [4.78, 5) is 4.93. The van der Waals surface area contributed by atoms with Gasteiger partial charge in [0.25, 0.3) is 0 Å². The number of nitrogens with zero attached hydrogens (tertiary/aromatic N) is 2. The second-order valence-corrected chi connectivity index (χ2v) is 20.6. The van der Waals surface area contributed by atoms with Gasteiger partial charge in [0.2, 0.25) is 0 Å². The van der Waals surface area contributed by atoms with Crippen molar-refractivity contribution >= 4 is 130 Å². The Kier molecular flexibility index (Phi) is 10.1. The first kappa shape index (κ1) is 43.1. The topological polar surface area (TPSA) is 6.48 Å². The molecule has 0 fully saturated rings. The van der Waals surface area contributed by atoms with Crippen molar-refractivity contribution in [1.29, 1.82) is 0 Å². The van der Waals surface area contributed by atoms with E-state index in [0.717, 1.165) is 34.1 Å². The summed E-state index contributed by atoms with van der Waals surface area (Å²) in [6.07, 6.45) is 0. The summed E-state index contributed by atoms with van der Waals surface area (Å²) in [5.41, 5.74) is 11.4. The van der Waals surface area contributed by atoms with Crippen LogP contribution in [0.25, 0.3) is 107 Å². The van der Waals surface area contributed by atoms with E-state index in [1.54, 1.807) is 0 Å². The SMILES string of the molecule is c1ccc(-c2ccccc2N(c2ccc3c(c2)sc2c4ccc(N(c5ccc6ccc7ccccc7c6c5)c5ccccc5-c5ccccc5)cc4c4ccccc4c32)c2ccc3ccc4ccccc4c3c2)cc1. The fourth-order valence-corrected chi connectivity index (χ4v) is 13.2. The maximum absolute atomic E-state index is 2.47. The predicted molar refractivity (Wildman–Crippen MR) is 325 cm³/mol. The molecule has 0 aliphatic heterocycles. The first-order valence-corrected chi connectivity index (χ1v) is 26.5. The second kappa shape index (κ2) is 17.6. The largest absolute Gasteiger partial charge is 0.310 e. The molecule has 1 aromatic heterocycles. The Hall–Kier alpha value is -9.54. The molecule has 0 N–H and O–H groups in total. The van der Waals surface area contributed by atoms with E-state index >= 15 is 0 Å². The normalized spacial score (nSPS) is 11.7. The van der Waals surface area contributed by atoms with E-state index in [0.29, 0.717) is 0 Å². The smallest absolute Gasteiger partial charge is 0.0540 e. The van der Waals surface area contributed by atoms with Gasteiger partial charge in [0.05, 0.1) is 11.4 Å². The van der Waals surface area contributed by atoms with Gasteiger partial charge in [-0.1, -0.05) is 218 Å². The summed E-state index contributed by atoms with van der Waals surface area (Å²) >= 11 is 1.90. The Morgan fingerprint density at radius 2 is 0.627 bits per heavy atom. The molecule has 0 aliphatic carbocycles. The molecule has 14 aromatic carbocycles. The van der Waals surface area contributed by atoms with E-state index in [9.17, 15) is 0 Å². The molecule has 0 unspecified atom stereocenters. The van der Waals surface area contributed by atoms with Crippen molar-refractivity contribution in [3.8, 4) is 22.3 Å². The summed E-state index contributed by atoms with van der Waals surface area (Å²) in [5, 5.41) is 17.5. The maximum atomic E-state index is 2.47. The zero-order chi connectivity index (χ0) is 49.4. The van der Waals surface area contributed by atoms with Crippen LogP contribution in [0.2, 0.25) is 0 Å². The standard InChI is InChI=1S/C72H46N2S/c1-3-17-47(18-4-1)59-25-13-15-29-68(59)73(53-37-35-51-33-31-49-21-7-9-23-57(49)65(51)43-53)55-39-41-63-67(45-55)61-27-11-12-28-62(61)71-64-42-40-56(46-70(64)75-72(63)71)74(69-30-16-14-26-60(69)48-19-5-2-6-20-48)54-38-36-52-34-32-50-22-8-10-24-58(50)66(52)44-54/h1-46H. The number of hydrogen-bond acceptors (Lipinski definition) is 3. The Bertz CT molecular complexity index is 4730. The number of para-hydroxylation sites is 2. The summed E-state index contributed by atoms with van der Waals surface area (Å²) < 4.78 is 2.55. The maximum Gasteiger partial charge on any atom is 0.0540 e. The third-order valence-electron chi connectivity index (χ3n) is 15.4. The molecular formula is C72H46N2S. The van der Waals surface area contributed by atoms with Crippen LogP contribution < -0.4 is 9.80 Å². The number of benzene rings is 14. The first-order chi connectivity index (χ1) is 37.2. The van der Waals surface area contributed by atoms with Gasteiger partial charge in [0, 0.05) is 59.4 Å². The van der Waals surface area contributed by atoms with Gasteiger partial charge in [0.15, 0.2) is 0 Å². The van der Waals surface area contributed by atoms with Crippen molar-refractivity contribution in [2.24, 2.45) is 0 Å². The lowest BCUT2D eigenvalue weighted by atomic mass is 9.95. The molecule has 350 valence electrons. The van der Waals surface area contributed by atoms with Crippen LogP contribution in [0.1, 0.15) is 0 Å². The van der Waals surface area contributed by atoms with Gasteiger partial charge in [-0.05, 0) is 131 Å². The number of fused-ring (bicyclic) bond motifs is 14. The summed E-state index contributed by atoms with van der Waals surface area (Å²) in [7, 11) is 0. The van der Waals surface area contributed by atoms with E-state index in [2.05, 4.69) is 289 Å². The van der Waals surface area contributed by atoms with Gasteiger partial charge in [-0.25, -0.2) is 0 Å². The number of hydrogen-bond donors (Lipinski definition) is 0. The average molecular weight is 971 g/mol. The van der Waals surface area contributed by atoms with Crippen LogP contribution in [0.15, 0.2) is 279 Å². The molecule has 75 heavy (non-hydrogen) atoms. The molecule has 15 rings (SSSR count). The van der Waals surface area contributed by atoms with E-state index in [4.69, 9.17) is 0 Å². The molecule has 0 atom stereocenters. The highest BCUT2D eigenvalue weighted by Crippen LogP contribution is 2.50. The van der Waals surface area contributed by atoms with Crippen LogP contribution in [0.3, 0.4) is 0 Å². The highest BCUT2D eigenvalue weighted by atomic mass is 32.1. The monoisotopic (exact) mass is 970 g/mol. The fraction of sp³-hybridized carbons (Fsp3) is 0. The van der Waals surface area contributed by atoms with Gasteiger partial charge >= 0.3 is 0 Å². The van der Waals surface area contributed by atoms with Crippen molar-refractivity contribution in [2.45, 2.75) is 0 Å². The van der Waals surface area contributed by atoms with Crippen molar-refractivity contribution in [3.63, 3.8) is 0 Å². The zero-order valence-corrected chi connectivity index (χ0v) is 41.7. The van der Waals surface area contributed by atoms with E-state index in [-0.39, 0.29) is 0 Å². The Morgan fingerprint density at radius 1 is 0.240 bits per heavy atom. The third kappa shape index (κ3) is 7.16. The molecular weight excluding hydrogens is 925 g/mol. The van der Waals surface area contributed by atoms with E-state index < -0.39 is 0 Å². The number of thiophene rings is 1. The number of rotatable bonds is 8. The van der Waals surface area contributed by atoms with Crippen LogP contribution in [0, 0.1) is 0 Å². The van der Waals surface area contributed by atoms with Crippen LogP contribution in [0.5, 0.6) is 0 Å². The lowest BCUT2D eigenvalue weighted by Gasteiger charge is -2.29. The molecule has 0 bridgehead atoms. The van der Waals surface area contributed by atoms with Crippen LogP contribution in [0.4, 0.5) is 34.1 Å². The minimum Gasteiger partial charge on any atom is -0.310 e. The Morgan fingerprint density at radius 3 is 1.17 bits per heavy atom. The minimum atomic E-state index is 1.11. The molecule has 0 amide bonds. The summed E-state index contributed by atoms with van der Waals surface area (Å²) in [6.45, 7) is 0. The van der Waals surface area contributed by atoms with Crippen molar-refractivity contribution < 1.29 is 0 Å². The molecule has 15 aromatic rings. The van der Waals surface area contributed by atoms with Gasteiger partial charge in [-0.15, -0.1) is 11.3 Å². The average Bonchev–Trinajstić information content (AvgIpc) is 3.94. The lowest BCUT2D eigenvalue weighted by molar-refractivity contribution is 1.30. The van der Waals surface area contributed by atoms with Gasteiger partial charge in [-0.2, -0.15) is 0 Å². The number of anilines is 6. The van der Waals surface area contributed by atoms with Crippen molar-refractivity contribution in [3.05, 3.63) is 279 Å². The quantitative estimate of drug-likeness (QED) is 0.140. The van der Waals surface area contributed by atoms with E-state index in [1.165, 1.54) is 107 Å². The minimum absolute atomic E-state index is 1.11. The van der Waals surface area contributed by atoms with Gasteiger partial charge in [-0.3, -0.25) is 0 Å². The fourth-order valence-electron chi connectivity index (χ4n) is 11.9. The first-order valence-electron chi connectivity index (χ1n) is 25.7. The summed E-state index contributed by atoms with van der Waals surface area (Å²) in [5.74, 6) is 0. The molecule has 0 saturated heterocycles. The Balaban J connectivity index is 0.945. The molecule has 2 nitrogen and oxygen atoms in total. The van der Waals surface area contributed by atoms with Crippen molar-refractivity contribution in [1.82, 2.24) is 0 Å². The van der Waals surface area contributed by atoms with Gasteiger partial charge < -0.3 is 9.80 Å². The second-order valence-electron chi connectivity index (χ2n) is 19.6. The molecule has 0 saturated carbocycles. The van der Waals surface area contributed by atoms with Crippen LogP contribution in [-0.4, -0.2) is 0 Å². The van der Waals surface area contributed by atoms with Gasteiger partial charge in [0.1, 0.15) is 0 Å². The molecule has 0 radical (unpaired) electrons. The lowest BCUT2D eigenvalue weighted by Crippen LogP contribution is -2.11. The Labute approximate surface area is 438 Å². The van der Waals surface area contributed by atoms with Crippen LogP contribution in [-0.2, 0) is 0 Å². The summed E-state index contributed by atoms with van der Waals surface area (Å²) in [6, 6.07) is 103. The zero-order valence-electron chi connectivity index (χ0n) is 40.9. The van der Waals surface area contributed by atoms with Crippen molar-refractivity contribution in [2.75, 3.05) is 9.80 Å². The molecule has 0 aliphatic rings. The molecule has 3 heteroatoms. The van der Waals surface area contributed by atoms with Crippen LogP contribution >= 0.6 is 11.3 Å². The molecule has 0 spiro atoms. The highest BCUT2D eigenvalue weighted by Gasteiger charge is 2.23.